The molecule has 0 saturated carbocycles. The fourth-order valence-electron chi connectivity index (χ4n) is 4.56. The highest BCUT2D eigenvalue weighted by Gasteiger charge is 2.30. The van der Waals surface area contributed by atoms with Crippen LogP contribution in [0.15, 0.2) is 85.1 Å². The molecule has 1 atom stereocenters. The van der Waals surface area contributed by atoms with E-state index in [1.807, 2.05) is 29.8 Å². The van der Waals surface area contributed by atoms with E-state index in [1.165, 1.54) is 16.7 Å². The van der Waals surface area contributed by atoms with Crippen LogP contribution in [0.1, 0.15) is 28.6 Å². The third kappa shape index (κ3) is 3.33. The van der Waals surface area contributed by atoms with Gasteiger partial charge in [-0.15, -0.1) is 0 Å². The summed E-state index contributed by atoms with van der Waals surface area (Å²) in [6, 6.07) is 27.5. The maximum absolute atomic E-state index is 5.04. The van der Waals surface area contributed by atoms with Crippen LogP contribution in [0.2, 0.25) is 0 Å². The Bertz CT molecular complexity index is 1460. The van der Waals surface area contributed by atoms with Crippen molar-refractivity contribution in [3.8, 4) is 28.2 Å². The van der Waals surface area contributed by atoms with Gasteiger partial charge in [-0.2, -0.15) is 10.2 Å². The van der Waals surface area contributed by atoms with Gasteiger partial charge in [-0.1, -0.05) is 59.7 Å². The summed E-state index contributed by atoms with van der Waals surface area (Å²) in [7, 11) is 0. The number of nitrogens with one attached hydrogen (secondary N) is 1. The largest absolute Gasteiger partial charge is 0.359 e. The molecule has 5 aromatic rings. The number of hydrogen-bond donors (Lipinski definition) is 1. The van der Waals surface area contributed by atoms with Gasteiger partial charge in [0.1, 0.15) is 0 Å². The molecule has 0 amide bonds. The van der Waals surface area contributed by atoms with E-state index in [1.54, 1.807) is 0 Å². The lowest BCUT2D eigenvalue weighted by molar-refractivity contribution is 0.572. The summed E-state index contributed by atoms with van der Waals surface area (Å²) in [5.74, 6) is 0. The van der Waals surface area contributed by atoms with E-state index in [4.69, 9.17) is 10.2 Å². The maximum Gasteiger partial charge on any atom is 0.151 e. The maximum atomic E-state index is 5.04. The predicted octanol–water partition coefficient (Wildman–Crippen LogP) is 6.30. The van der Waals surface area contributed by atoms with Crippen LogP contribution < -0.4 is 5.32 Å². The van der Waals surface area contributed by atoms with Gasteiger partial charge in [0.05, 0.1) is 22.8 Å². The first-order valence-corrected chi connectivity index (χ1v) is 11.2. The Hall–Kier alpha value is -4.12. The smallest absolute Gasteiger partial charge is 0.151 e. The molecule has 0 fully saturated rings. The Morgan fingerprint density at radius 1 is 0.788 bits per heavy atom. The second kappa shape index (κ2) is 7.48. The van der Waals surface area contributed by atoms with Crippen molar-refractivity contribution >= 4 is 5.69 Å². The minimum Gasteiger partial charge on any atom is -0.359 e. The lowest BCUT2D eigenvalue weighted by Crippen LogP contribution is -2.26. The van der Waals surface area contributed by atoms with E-state index in [-0.39, 0.29) is 6.17 Å². The van der Waals surface area contributed by atoms with Gasteiger partial charge in [0, 0.05) is 28.6 Å². The van der Waals surface area contributed by atoms with Crippen molar-refractivity contribution in [2.45, 2.75) is 26.9 Å². The molecule has 3 heterocycles. The molecule has 5 heteroatoms. The van der Waals surface area contributed by atoms with E-state index < -0.39 is 0 Å². The number of nitrogens with zero attached hydrogens (tertiary/aromatic N) is 4. The molecule has 0 bridgehead atoms. The monoisotopic (exact) mass is 431 g/mol. The van der Waals surface area contributed by atoms with Gasteiger partial charge < -0.3 is 5.32 Å². The number of fused-ring (bicyclic) bond motifs is 3. The summed E-state index contributed by atoms with van der Waals surface area (Å²) < 4.78 is 4.06. The van der Waals surface area contributed by atoms with Crippen LogP contribution in [0, 0.1) is 20.8 Å². The second-order valence-electron chi connectivity index (χ2n) is 8.79. The Morgan fingerprint density at radius 3 is 2.33 bits per heavy atom. The zero-order chi connectivity index (χ0) is 22.5. The molecule has 5 nitrogen and oxygen atoms in total. The van der Waals surface area contributed by atoms with Crippen LogP contribution in [-0.2, 0) is 0 Å². The molecule has 0 aliphatic carbocycles. The van der Waals surface area contributed by atoms with E-state index >= 15 is 0 Å². The van der Waals surface area contributed by atoms with Gasteiger partial charge in [0.2, 0.25) is 0 Å². The van der Waals surface area contributed by atoms with Crippen molar-refractivity contribution in [3.63, 3.8) is 0 Å². The average molecular weight is 432 g/mol. The molecule has 0 unspecified atom stereocenters. The molecule has 0 saturated heterocycles. The van der Waals surface area contributed by atoms with Crippen LogP contribution in [-0.4, -0.2) is 19.6 Å². The van der Waals surface area contributed by atoms with E-state index in [9.17, 15) is 0 Å². The Labute approximate surface area is 193 Å². The van der Waals surface area contributed by atoms with Gasteiger partial charge in [-0.25, -0.2) is 9.36 Å². The van der Waals surface area contributed by atoms with E-state index in [0.29, 0.717) is 0 Å². The second-order valence-corrected chi connectivity index (χ2v) is 8.79. The molecule has 0 radical (unpaired) electrons. The summed E-state index contributed by atoms with van der Waals surface area (Å²) in [5.41, 5.74) is 11.0. The molecule has 33 heavy (non-hydrogen) atoms. The summed E-state index contributed by atoms with van der Waals surface area (Å²) in [6.07, 6.45) is 1.96. The van der Waals surface area contributed by atoms with Gasteiger partial charge in [-0.3, -0.25) is 0 Å². The summed E-state index contributed by atoms with van der Waals surface area (Å²) in [6.45, 7) is 6.28. The first-order chi connectivity index (χ1) is 16.1. The summed E-state index contributed by atoms with van der Waals surface area (Å²) in [5, 5.41) is 13.7. The number of rotatable bonds is 3. The van der Waals surface area contributed by atoms with Crippen molar-refractivity contribution in [1.29, 1.82) is 0 Å². The lowest BCUT2D eigenvalue weighted by atomic mass is 10.00. The molecular weight excluding hydrogens is 406 g/mol. The summed E-state index contributed by atoms with van der Waals surface area (Å²) >= 11 is 0. The number of benzene rings is 3. The minimum absolute atomic E-state index is 0.169. The molecule has 1 N–H and O–H groups in total. The zero-order valence-corrected chi connectivity index (χ0v) is 18.9. The third-order valence-corrected chi connectivity index (χ3v) is 6.23. The third-order valence-electron chi connectivity index (χ3n) is 6.23. The molecular formula is C28H25N5. The van der Waals surface area contributed by atoms with Crippen LogP contribution in [0.25, 0.3) is 28.2 Å². The Morgan fingerprint density at radius 2 is 1.55 bits per heavy atom. The van der Waals surface area contributed by atoms with Crippen molar-refractivity contribution in [2.24, 2.45) is 0 Å². The highest BCUT2D eigenvalue weighted by Crippen LogP contribution is 2.41. The molecule has 0 spiro atoms. The van der Waals surface area contributed by atoms with Crippen LogP contribution in [0.5, 0.6) is 0 Å². The Kier molecular flexibility index (Phi) is 4.44. The van der Waals surface area contributed by atoms with Crippen LogP contribution in [0.4, 0.5) is 5.69 Å². The van der Waals surface area contributed by atoms with Gasteiger partial charge in [-0.05, 0) is 51.1 Å². The highest BCUT2D eigenvalue weighted by atomic mass is 15.4. The van der Waals surface area contributed by atoms with Gasteiger partial charge in [0.15, 0.2) is 6.17 Å². The Balaban J connectivity index is 1.56. The van der Waals surface area contributed by atoms with Crippen molar-refractivity contribution in [3.05, 3.63) is 107 Å². The average Bonchev–Trinajstić information content (AvgIpc) is 3.44. The predicted molar refractivity (Wildman–Crippen MR) is 133 cm³/mol. The number of aryl methyl sites for hydroxylation is 3. The van der Waals surface area contributed by atoms with Crippen molar-refractivity contribution in [1.82, 2.24) is 19.6 Å². The lowest BCUT2D eigenvalue weighted by Gasteiger charge is -2.29. The molecule has 1 aliphatic rings. The van der Waals surface area contributed by atoms with Gasteiger partial charge in [0.25, 0.3) is 0 Å². The molecule has 1 aliphatic heterocycles. The zero-order valence-electron chi connectivity index (χ0n) is 18.9. The topological polar surface area (TPSA) is 47.7 Å². The minimum atomic E-state index is -0.169. The fraction of sp³-hybridized carbons (Fsp3) is 0.143. The number of hydrogen-bond acceptors (Lipinski definition) is 3. The van der Waals surface area contributed by atoms with Gasteiger partial charge >= 0.3 is 0 Å². The molecule has 3 aromatic carbocycles. The number of para-hydroxylation sites is 1. The molecule has 162 valence electrons. The first-order valence-electron chi connectivity index (χ1n) is 11.2. The van der Waals surface area contributed by atoms with Crippen LogP contribution in [0.3, 0.4) is 0 Å². The van der Waals surface area contributed by atoms with Crippen LogP contribution >= 0.6 is 0 Å². The quantitative estimate of drug-likeness (QED) is 0.365. The van der Waals surface area contributed by atoms with E-state index in [0.717, 1.165) is 39.6 Å². The molecule has 6 rings (SSSR count). The standard InChI is InChI=1S/C28H25N5/c1-18-9-12-21(13-10-18)27-24(17-32(31-27)22-7-5-4-6-8-22)28-29-25-14-11-19(2)15-23(25)26-16-20(3)30-33(26)28/h4-17,28-29H,1-3H3/t28-/m1/s1. The number of aromatic nitrogens is 4. The van der Waals surface area contributed by atoms with Crippen molar-refractivity contribution < 1.29 is 0 Å². The summed E-state index contributed by atoms with van der Waals surface area (Å²) in [4.78, 5) is 0. The first kappa shape index (κ1) is 19.6. The SMILES string of the molecule is Cc1ccc(-c2nn(-c3ccccc3)cc2[C@@H]2Nc3ccc(C)cc3-c3cc(C)nn32)cc1. The normalized spacial score (nSPS) is 14.5. The number of anilines is 1. The van der Waals surface area contributed by atoms with E-state index in [2.05, 4.69) is 90.7 Å². The van der Waals surface area contributed by atoms with Crippen molar-refractivity contribution in [2.75, 3.05) is 5.32 Å². The highest BCUT2D eigenvalue weighted by molar-refractivity contribution is 5.80. The molecule has 2 aromatic heterocycles. The fourth-order valence-corrected chi connectivity index (χ4v) is 4.56.